The second-order valence-electron chi connectivity index (χ2n) is 5.12. The van der Waals surface area contributed by atoms with E-state index in [0.717, 1.165) is 0 Å². The molecule has 1 atom stereocenters. The molecule has 0 fully saturated rings. The molecular weight excluding hydrogens is 264 g/mol. The molecule has 0 radical (unpaired) electrons. The van der Waals surface area contributed by atoms with Crippen LogP contribution >= 0.6 is 0 Å². The van der Waals surface area contributed by atoms with E-state index in [4.69, 9.17) is 0 Å². The van der Waals surface area contributed by atoms with Crippen LogP contribution in [0.3, 0.4) is 0 Å². The number of hydrogen-bond donors (Lipinski definition) is 1. The van der Waals surface area contributed by atoms with Gasteiger partial charge in [0.05, 0.1) is 12.6 Å². The Morgan fingerprint density at radius 1 is 1.19 bits per heavy atom. The normalized spacial score (nSPS) is 12.7. The van der Waals surface area contributed by atoms with Gasteiger partial charge in [-0.1, -0.05) is 42.5 Å². The van der Waals surface area contributed by atoms with Crippen LogP contribution < -0.4 is 11.0 Å². The number of benzene rings is 2. The Hall–Kier alpha value is -2.40. The molecule has 0 aliphatic heterocycles. The minimum Gasteiger partial charge on any atom is -0.311 e. The fourth-order valence-corrected chi connectivity index (χ4v) is 2.62. The monoisotopic (exact) mass is 282 g/mol. The van der Waals surface area contributed by atoms with Gasteiger partial charge in [0.25, 0.3) is 0 Å². The van der Waals surface area contributed by atoms with Gasteiger partial charge in [0.2, 0.25) is 0 Å². The minimum atomic E-state index is -0.101. The summed E-state index contributed by atoms with van der Waals surface area (Å²) in [4.78, 5) is 12.0. The van der Waals surface area contributed by atoms with E-state index in [1.165, 1.54) is 31.9 Å². The molecule has 21 heavy (non-hydrogen) atoms. The van der Waals surface area contributed by atoms with Crippen molar-refractivity contribution in [3.63, 3.8) is 0 Å². The minimum absolute atomic E-state index is 0.0312. The Balaban J connectivity index is 2.02. The summed E-state index contributed by atoms with van der Waals surface area (Å²) < 4.78 is 2.97. The van der Waals surface area contributed by atoms with Crippen LogP contribution in [-0.4, -0.2) is 21.4 Å². The lowest BCUT2D eigenvalue weighted by atomic mass is 9.99. The molecule has 5 nitrogen and oxygen atoms in total. The van der Waals surface area contributed by atoms with Gasteiger partial charge in [-0.05, 0) is 23.4 Å². The van der Waals surface area contributed by atoms with Crippen LogP contribution in [0, 0.1) is 0 Å². The molecule has 1 heterocycles. The van der Waals surface area contributed by atoms with Gasteiger partial charge in [-0.15, -0.1) is 0 Å². The van der Waals surface area contributed by atoms with E-state index in [1.54, 1.807) is 7.05 Å². The van der Waals surface area contributed by atoms with Crippen LogP contribution in [0.5, 0.6) is 0 Å². The maximum absolute atomic E-state index is 12.0. The van der Waals surface area contributed by atoms with Gasteiger partial charge >= 0.3 is 5.69 Å². The molecule has 0 amide bonds. The molecule has 1 N–H and O–H groups in total. The predicted octanol–water partition coefficient (Wildman–Crippen LogP) is 1.70. The van der Waals surface area contributed by atoms with Crippen LogP contribution in [0.1, 0.15) is 11.6 Å². The molecule has 0 bridgehead atoms. The standard InChI is InChI=1S/C16H18N4O/c1-17-15(10-20-16(21)19(2)11-18-20)14-9-5-7-12-6-3-4-8-13(12)14/h3-9,11,15,17H,10H2,1-2H3. The largest absolute Gasteiger partial charge is 0.345 e. The summed E-state index contributed by atoms with van der Waals surface area (Å²) in [5.41, 5.74) is 1.07. The van der Waals surface area contributed by atoms with Crippen molar-refractivity contribution in [3.05, 3.63) is 64.8 Å². The molecule has 5 heteroatoms. The summed E-state index contributed by atoms with van der Waals surface area (Å²) in [5, 5.41) is 9.82. The summed E-state index contributed by atoms with van der Waals surface area (Å²) in [7, 11) is 3.61. The first-order valence-corrected chi connectivity index (χ1v) is 6.94. The fourth-order valence-electron chi connectivity index (χ4n) is 2.62. The van der Waals surface area contributed by atoms with Gasteiger partial charge < -0.3 is 5.32 Å². The van der Waals surface area contributed by atoms with Gasteiger partial charge in [-0.25, -0.2) is 9.48 Å². The van der Waals surface area contributed by atoms with Crippen molar-refractivity contribution >= 4 is 10.8 Å². The lowest BCUT2D eigenvalue weighted by Gasteiger charge is -2.18. The van der Waals surface area contributed by atoms with E-state index in [2.05, 4.69) is 34.7 Å². The fraction of sp³-hybridized carbons (Fsp3) is 0.250. The molecule has 2 aromatic carbocycles. The van der Waals surface area contributed by atoms with E-state index in [9.17, 15) is 4.79 Å². The lowest BCUT2D eigenvalue weighted by molar-refractivity contribution is 0.457. The van der Waals surface area contributed by atoms with Crippen LogP contribution in [0.25, 0.3) is 10.8 Å². The summed E-state index contributed by atoms with van der Waals surface area (Å²) in [5.74, 6) is 0. The van der Waals surface area contributed by atoms with Crippen molar-refractivity contribution in [2.45, 2.75) is 12.6 Å². The summed E-state index contributed by atoms with van der Waals surface area (Å²) in [6, 6.07) is 14.5. The second kappa shape index (κ2) is 5.54. The molecule has 1 aromatic heterocycles. The molecule has 3 rings (SSSR count). The van der Waals surface area contributed by atoms with Gasteiger partial charge in [0.1, 0.15) is 6.33 Å². The smallest absolute Gasteiger partial charge is 0.311 e. The van der Waals surface area contributed by atoms with E-state index in [-0.39, 0.29) is 11.7 Å². The third-order valence-electron chi connectivity index (χ3n) is 3.79. The number of aryl methyl sites for hydroxylation is 1. The van der Waals surface area contributed by atoms with Crippen molar-refractivity contribution in [2.24, 2.45) is 7.05 Å². The summed E-state index contributed by atoms with van der Waals surface area (Å²) in [6.07, 6.45) is 1.54. The molecule has 0 saturated carbocycles. The van der Waals surface area contributed by atoms with E-state index in [1.807, 2.05) is 25.2 Å². The van der Waals surface area contributed by atoms with Crippen LogP contribution in [-0.2, 0) is 13.6 Å². The van der Waals surface area contributed by atoms with Crippen LogP contribution in [0.2, 0.25) is 0 Å². The van der Waals surface area contributed by atoms with Crippen LogP contribution in [0.4, 0.5) is 0 Å². The van der Waals surface area contributed by atoms with Crippen LogP contribution in [0.15, 0.2) is 53.6 Å². The maximum atomic E-state index is 12.0. The number of likely N-dealkylation sites (N-methyl/N-ethyl adjacent to an activating group) is 1. The quantitative estimate of drug-likeness (QED) is 0.792. The summed E-state index contributed by atoms with van der Waals surface area (Å²) in [6.45, 7) is 0.504. The number of nitrogens with one attached hydrogen (secondary N) is 1. The third kappa shape index (κ3) is 2.48. The zero-order chi connectivity index (χ0) is 14.8. The Kier molecular flexibility index (Phi) is 3.58. The molecule has 1 unspecified atom stereocenters. The zero-order valence-corrected chi connectivity index (χ0v) is 12.2. The molecule has 108 valence electrons. The SMILES string of the molecule is CNC(Cn1ncn(C)c1=O)c1cccc2ccccc12. The lowest BCUT2D eigenvalue weighted by Crippen LogP contribution is -2.30. The number of nitrogens with zero attached hydrogens (tertiary/aromatic N) is 3. The molecule has 3 aromatic rings. The van der Waals surface area contributed by atoms with Crippen molar-refractivity contribution in [3.8, 4) is 0 Å². The predicted molar refractivity (Wildman–Crippen MR) is 83.2 cm³/mol. The van der Waals surface area contributed by atoms with Gasteiger partial charge in [0.15, 0.2) is 0 Å². The highest BCUT2D eigenvalue weighted by Crippen LogP contribution is 2.24. The number of aromatic nitrogens is 3. The average molecular weight is 282 g/mol. The average Bonchev–Trinajstić information content (AvgIpc) is 2.84. The van der Waals surface area contributed by atoms with Crippen molar-refractivity contribution in [1.82, 2.24) is 19.7 Å². The first-order valence-electron chi connectivity index (χ1n) is 6.94. The highest BCUT2D eigenvalue weighted by molar-refractivity contribution is 5.86. The van der Waals surface area contributed by atoms with E-state index >= 15 is 0 Å². The van der Waals surface area contributed by atoms with Gasteiger partial charge in [-0.3, -0.25) is 4.57 Å². The topological polar surface area (TPSA) is 51.9 Å². The van der Waals surface area contributed by atoms with E-state index in [0.29, 0.717) is 6.54 Å². The first kappa shape index (κ1) is 13.6. The highest BCUT2D eigenvalue weighted by Gasteiger charge is 2.15. The van der Waals surface area contributed by atoms with E-state index < -0.39 is 0 Å². The zero-order valence-electron chi connectivity index (χ0n) is 12.2. The summed E-state index contributed by atoms with van der Waals surface area (Å²) >= 11 is 0. The number of hydrogen-bond acceptors (Lipinski definition) is 3. The Morgan fingerprint density at radius 3 is 2.67 bits per heavy atom. The maximum Gasteiger partial charge on any atom is 0.345 e. The van der Waals surface area contributed by atoms with Crippen molar-refractivity contribution in [2.75, 3.05) is 7.05 Å². The van der Waals surface area contributed by atoms with Gasteiger partial charge in [-0.2, -0.15) is 5.10 Å². The molecule has 0 aliphatic rings. The van der Waals surface area contributed by atoms with Crippen molar-refractivity contribution < 1.29 is 0 Å². The highest BCUT2D eigenvalue weighted by atomic mass is 16.2. The second-order valence-corrected chi connectivity index (χ2v) is 5.12. The molecule has 0 aliphatic carbocycles. The number of fused-ring (bicyclic) bond motifs is 1. The Labute approximate surface area is 122 Å². The molecular formula is C16H18N4O. The van der Waals surface area contributed by atoms with Crippen molar-refractivity contribution in [1.29, 1.82) is 0 Å². The Morgan fingerprint density at radius 2 is 1.95 bits per heavy atom. The van der Waals surface area contributed by atoms with Gasteiger partial charge in [0, 0.05) is 7.05 Å². The number of rotatable bonds is 4. The first-order chi connectivity index (χ1) is 10.2. The third-order valence-corrected chi connectivity index (χ3v) is 3.79. The molecule has 0 spiro atoms. The molecule has 0 saturated heterocycles. The Bertz CT molecular complexity index is 813.